The highest BCUT2D eigenvalue weighted by atomic mass is 32.2. The molecular formula is C16H18N4O3S2. The zero-order valence-corrected chi connectivity index (χ0v) is 15.1. The molecule has 0 spiro atoms. The molecule has 0 radical (unpaired) electrons. The van der Waals surface area contributed by atoms with E-state index in [9.17, 15) is 13.2 Å². The van der Waals surface area contributed by atoms with Crippen molar-refractivity contribution in [1.82, 2.24) is 19.6 Å². The van der Waals surface area contributed by atoms with Crippen LogP contribution in [0.2, 0.25) is 0 Å². The van der Waals surface area contributed by atoms with E-state index in [0.29, 0.717) is 24.3 Å². The van der Waals surface area contributed by atoms with Gasteiger partial charge in [0.2, 0.25) is 10.0 Å². The summed E-state index contributed by atoms with van der Waals surface area (Å²) in [5.41, 5.74) is 0.986. The van der Waals surface area contributed by atoms with Gasteiger partial charge in [0.05, 0.1) is 17.1 Å². The Balaban J connectivity index is 1.73. The standard InChI is InChI=1S/C16H18N4O3S2/c21-16(18-11-14-4-5-17-12-19-14)13-2-1-3-15(10-13)25(22,23)20-6-8-24-9-7-20/h1-5,10,12H,6-9,11H2,(H,18,21). The zero-order chi connectivity index (χ0) is 17.7. The van der Waals surface area contributed by atoms with Crippen molar-refractivity contribution in [3.05, 3.63) is 54.1 Å². The predicted molar refractivity (Wildman–Crippen MR) is 95.7 cm³/mol. The zero-order valence-electron chi connectivity index (χ0n) is 13.5. The molecule has 1 amide bonds. The third-order valence-corrected chi connectivity index (χ3v) is 6.61. The van der Waals surface area contributed by atoms with Gasteiger partial charge in [0.15, 0.2) is 0 Å². The highest BCUT2D eigenvalue weighted by Gasteiger charge is 2.26. The minimum absolute atomic E-state index is 0.147. The molecule has 2 heterocycles. The van der Waals surface area contributed by atoms with Crippen molar-refractivity contribution in [2.24, 2.45) is 0 Å². The van der Waals surface area contributed by atoms with Gasteiger partial charge in [-0.05, 0) is 24.3 Å². The Morgan fingerprint density at radius 2 is 2.04 bits per heavy atom. The van der Waals surface area contributed by atoms with Gasteiger partial charge in [-0.15, -0.1) is 0 Å². The maximum atomic E-state index is 12.7. The van der Waals surface area contributed by atoms with E-state index in [1.807, 2.05) is 0 Å². The average molecular weight is 378 g/mol. The lowest BCUT2D eigenvalue weighted by Crippen LogP contribution is -2.38. The van der Waals surface area contributed by atoms with E-state index >= 15 is 0 Å². The van der Waals surface area contributed by atoms with E-state index in [2.05, 4.69) is 15.3 Å². The van der Waals surface area contributed by atoms with Crippen molar-refractivity contribution in [3.63, 3.8) is 0 Å². The number of aromatic nitrogens is 2. The van der Waals surface area contributed by atoms with E-state index in [0.717, 1.165) is 11.5 Å². The lowest BCUT2D eigenvalue weighted by molar-refractivity contribution is 0.0950. The molecule has 2 aromatic rings. The predicted octanol–water partition coefficient (Wildman–Crippen LogP) is 1.14. The van der Waals surface area contributed by atoms with Gasteiger partial charge in [0.25, 0.3) is 5.91 Å². The number of nitrogens with one attached hydrogen (secondary N) is 1. The first kappa shape index (κ1) is 17.8. The summed E-state index contributed by atoms with van der Waals surface area (Å²) in [6.07, 6.45) is 3.00. The first-order chi connectivity index (χ1) is 12.1. The van der Waals surface area contributed by atoms with E-state index in [1.165, 1.54) is 22.8 Å². The largest absolute Gasteiger partial charge is 0.346 e. The van der Waals surface area contributed by atoms with Crippen LogP contribution in [0.3, 0.4) is 0 Å². The first-order valence-electron chi connectivity index (χ1n) is 7.78. The molecule has 7 nitrogen and oxygen atoms in total. The third-order valence-electron chi connectivity index (χ3n) is 3.78. The summed E-state index contributed by atoms with van der Waals surface area (Å²) in [5.74, 6) is 1.24. The fraction of sp³-hybridized carbons (Fsp3) is 0.312. The summed E-state index contributed by atoms with van der Waals surface area (Å²) < 4.78 is 26.9. The second kappa shape index (κ2) is 7.94. The molecule has 1 saturated heterocycles. The number of amides is 1. The summed E-state index contributed by atoms with van der Waals surface area (Å²) in [7, 11) is -3.57. The van der Waals surface area contributed by atoms with Crippen molar-refractivity contribution < 1.29 is 13.2 Å². The normalized spacial score (nSPS) is 15.7. The van der Waals surface area contributed by atoms with Crippen LogP contribution in [-0.4, -0.2) is 53.2 Å². The number of rotatable bonds is 5. The molecule has 0 atom stereocenters. The van der Waals surface area contributed by atoms with E-state index in [1.54, 1.807) is 36.2 Å². The molecule has 1 aliphatic rings. The number of hydrogen-bond acceptors (Lipinski definition) is 6. The van der Waals surface area contributed by atoms with Gasteiger partial charge >= 0.3 is 0 Å². The van der Waals surface area contributed by atoms with Crippen molar-refractivity contribution in [2.45, 2.75) is 11.4 Å². The highest BCUT2D eigenvalue weighted by molar-refractivity contribution is 7.99. The number of sulfonamides is 1. The number of carbonyl (C=O) groups is 1. The Labute approximate surface area is 150 Å². The fourth-order valence-electron chi connectivity index (χ4n) is 2.43. The van der Waals surface area contributed by atoms with Crippen LogP contribution < -0.4 is 5.32 Å². The number of hydrogen-bond donors (Lipinski definition) is 1. The molecule has 1 aliphatic heterocycles. The van der Waals surface area contributed by atoms with E-state index in [-0.39, 0.29) is 17.3 Å². The van der Waals surface area contributed by atoms with Gasteiger partial charge in [-0.1, -0.05) is 6.07 Å². The molecular weight excluding hydrogens is 360 g/mol. The molecule has 0 aliphatic carbocycles. The molecule has 132 valence electrons. The van der Waals surface area contributed by atoms with Gasteiger partial charge in [0, 0.05) is 36.4 Å². The molecule has 1 N–H and O–H groups in total. The molecule has 3 rings (SSSR count). The van der Waals surface area contributed by atoms with Crippen LogP contribution in [0.25, 0.3) is 0 Å². The Kier molecular flexibility index (Phi) is 5.67. The van der Waals surface area contributed by atoms with Gasteiger partial charge in [-0.3, -0.25) is 4.79 Å². The summed E-state index contributed by atoms with van der Waals surface area (Å²) in [6.45, 7) is 1.25. The molecule has 0 bridgehead atoms. The van der Waals surface area contributed by atoms with Gasteiger partial charge in [-0.25, -0.2) is 18.4 Å². The quantitative estimate of drug-likeness (QED) is 0.839. The maximum absolute atomic E-state index is 12.7. The Hall–Kier alpha value is -1.97. The first-order valence-corrected chi connectivity index (χ1v) is 10.4. The fourth-order valence-corrected chi connectivity index (χ4v) is 5.05. The van der Waals surface area contributed by atoms with Crippen LogP contribution in [0, 0.1) is 0 Å². The van der Waals surface area contributed by atoms with Gasteiger partial charge in [0.1, 0.15) is 6.33 Å². The summed E-state index contributed by atoms with van der Waals surface area (Å²) >= 11 is 1.74. The lowest BCUT2D eigenvalue weighted by Gasteiger charge is -2.25. The molecule has 9 heteroatoms. The summed E-state index contributed by atoms with van der Waals surface area (Å²) in [5, 5.41) is 2.73. The topological polar surface area (TPSA) is 92.3 Å². The van der Waals surface area contributed by atoms with Crippen LogP contribution >= 0.6 is 11.8 Å². The van der Waals surface area contributed by atoms with E-state index in [4.69, 9.17) is 0 Å². The Bertz CT molecular complexity index is 837. The second-order valence-corrected chi connectivity index (χ2v) is 8.59. The minimum Gasteiger partial charge on any atom is -0.346 e. The Morgan fingerprint density at radius 1 is 1.24 bits per heavy atom. The minimum atomic E-state index is -3.57. The number of benzene rings is 1. The van der Waals surface area contributed by atoms with Crippen LogP contribution in [-0.2, 0) is 16.6 Å². The van der Waals surface area contributed by atoms with E-state index < -0.39 is 10.0 Å². The molecule has 25 heavy (non-hydrogen) atoms. The SMILES string of the molecule is O=C(NCc1ccncn1)c1cccc(S(=O)(=O)N2CCSCC2)c1. The summed E-state index contributed by atoms with van der Waals surface area (Å²) in [6, 6.07) is 7.84. The molecule has 1 fully saturated rings. The second-order valence-electron chi connectivity index (χ2n) is 5.43. The molecule has 1 aromatic heterocycles. The van der Waals surface area contributed by atoms with Crippen molar-refractivity contribution in [3.8, 4) is 0 Å². The molecule has 0 saturated carbocycles. The Morgan fingerprint density at radius 3 is 2.76 bits per heavy atom. The van der Waals surface area contributed by atoms with Crippen LogP contribution in [0.1, 0.15) is 16.1 Å². The van der Waals surface area contributed by atoms with Crippen molar-refractivity contribution >= 4 is 27.7 Å². The number of thioether (sulfide) groups is 1. The number of carbonyl (C=O) groups excluding carboxylic acids is 1. The van der Waals surface area contributed by atoms with Gasteiger partial charge < -0.3 is 5.32 Å². The van der Waals surface area contributed by atoms with Crippen LogP contribution in [0.15, 0.2) is 47.8 Å². The average Bonchev–Trinajstić information content (AvgIpc) is 2.67. The maximum Gasteiger partial charge on any atom is 0.251 e. The van der Waals surface area contributed by atoms with Crippen molar-refractivity contribution in [1.29, 1.82) is 0 Å². The summed E-state index contributed by atoms with van der Waals surface area (Å²) in [4.78, 5) is 20.3. The smallest absolute Gasteiger partial charge is 0.251 e. The third kappa shape index (κ3) is 4.36. The number of nitrogens with zero attached hydrogens (tertiary/aromatic N) is 3. The highest BCUT2D eigenvalue weighted by Crippen LogP contribution is 2.21. The van der Waals surface area contributed by atoms with Crippen molar-refractivity contribution in [2.75, 3.05) is 24.6 Å². The molecule has 1 aromatic carbocycles. The van der Waals surface area contributed by atoms with Crippen LogP contribution in [0.4, 0.5) is 0 Å². The molecule has 0 unspecified atom stereocenters. The monoisotopic (exact) mass is 378 g/mol. The lowest BCUT2D eigenvalue weighted by atomic mass is 10.2. The van der Waals surface area contributed by atoms with Crippen LogP contribution in [0.5, 0.6) is 0 Å². The van der Waals surface area contributed by atoms with Gasteiger partial charge in [-0.2, -0.15) is 16.1 Å².